The maximum Gasteiger partial charge on any atom is 0.348 e. The lowest BCUT2D eigenvalue weighted by molar-refractivity contribution is -0.312. The van der Waals surface area contributed by atoms with E-state index in [4.69, 9.17) is 18.9 Å². The fourth-order valence-corrected chi connectivity index (χ4v) is 8.25. The molecular weight excluding hydrogens is 552 g/mol. The summed E-state index contributed by atoms with van der Waals surface area (Å²) in [5, 5.41) is 45.7. The third kappa shape index (κ3) is 3.78. The molecule has 2 bridgehead atoms. The Hall–Kier alpha value is -2.90. The molecule has 230 valence electrons. The first-order valence-electron chi connectivity index (χ1n) is 14.1. The van der Waals surface area contributed by atoms with Crippen LogP contribution in [0.1, 0.15) is 47.5 Å². The Bertz CT molecular complexity index is 1320. The van der Waals surface area contributed by atoms with Gasteiger partial charge in [0.15, 0.2) is 17.2 Å². The Morgan fingerprint density at radius 1 is 1.26 bits per heavy atom. The fourth-order valence-electron chi connectivity index (χ4n) is 8.25. The van der Waals surface area contributed by atoms with Crippen molar-refractivity contribution in [2.75, 3.05) is 13.2 Å². The summed E-state index contributed by atoms with van der Waals surface area (Å²) < 4.78 is 22.5. The molecule has 0 unspecified atom stereocenters. The topological polar surface area (TPSA) is 186 Å². The van der Waals surface area contributed by atoms with E-state index in [-0.39, 0.29) is 30.6 Å². The highest BCUT2D eigenvalue weighted by Gasteiger charge is 2.83. The third-order valence-electron chi connectivity index (χ3n) is 10.6. The molecule has 0 aromatic carbocycles. The lowest BCUT2D eigenvalue weighted by Gasteiger charge is -2.67. The molecule has 2 heterocycles. The van der Waals surface area contributed by atoms with Gasteiger partial charge in [0.25, 0.3) is 0 Å². The van der Waals surface area contributed by atoms with Crippen molar-refractivity contribution in [1.29, 1.82) is 0 Å². The molecule has 0 aromatic rings. The number of allylic oxidation sites excluding steroid dienone is 2. The van der Waals surface area contributed by atoms with E-state index in [2.05, 4.69) is 6.58 Å². The Labute approximate surface area is 243 Å². The van der Waals surface area contributed by atoms with E-state index in [9.17, 15) is 39.6 Å². The van der Waals surface area contributed by atoms with Crippen LogP contribution in [0.25, 0.3) is 0 Å². The van der Waals surface area contributed by atoms with Crippen LogP contribution in [-0.4, -0.2) is 93.1 Å². The van der Waals surface area contributed by atoms with Gasteiger partial charge in [-0.2, -0.15) is 0 Å². The number of ether oxygens (including phenoxy) is 4. The Balaban J connectivity index is 1.55. The van der Waals surface area contributed by atoms with Crippen LogP contribution in [0.15, 0.2) is 35.5 Å². The van der Waals surface area contributed by atoms with Crippen LogP contribution in [0, 0.1) is 28.6 Å². The molecule has 5 rings (SSSR count). The molecule has 4 N–H and O–H groups in total. The zero-order chi connectivity index (χ0) is 31.2. The predicted molar refractivity (Wildman–Crippen MR) is 142 cm³/mol. The maximum atomic E-state index is 13.5. The van der Waals surface area contributed by atoms with Crippen LogP contribution < -0.4 is 0 Å². The summed E-state index contributed by atoms with van der Waals surface area (Å²) >= 11 is 0. The summed E-state index contributed by atoms with van der Waals surface area (Å²) in [7, 11) is 0. The van der Waals surface area contributed by atoms with Gasteiger partial charge in [-0.3, -0.25) is 4.79 Å². The molecule has 1 spiro atoms. The molecule has 5 aliphatic rings. The van der Waals surface area contributed by atoms with Crippen LogP contribution in [0.4, 0.5) is 0 Å². The summed E-state index contributed by atoms with van der Waals surface area (Å²) in [5.74, 6) is -8.67. The number of carbonyl (C=O) groups excluding carboxylic acids is 4. The highest BCUT2D eigenvalue weighted by Crippen LogP contribution is 2.73. The molecule has 0 amide bonds. The SMILES string of the molecule is C=C1[C@@H](O)[C@]2(O)OC[C@@]34[C@H]1[C@@H](OC(=O)[C@](O)(CC)COC(=O)C(C)=CC)C(=O)O[C@@H]3C[C@H]1C(C)=CC(=O)[C@@H](O)[C@]1(C)[C@@H]24. The number of rotatable bonds is 6. The fraction of sp³-hybridized carbons (Fsp3) is 0.667. The second-order valence-corrected chi connectivity index (χ2v) is 12.6. The molecule has 3 aliphatic carbocycles. The maximum absolute atomic E-state index is 13.5. The normalized spacial score (nSPS) is 43.8. The number of aliphatic hydroxyl groups excluding tert-OH is 2. The zero-order valence-electron chi connectivity index (χ0n) is 24.3. The second kappa shape index (κ2) is 9.81. The molecular formula is C30H38O12. The molecule has 2 saturated carbocycles. The Morgan fingerprint density at radius 3 is 2.55 bits per heavy atom. The Morgan fingerprint density at radius 2 is 1.93 bits per heavy atom. The summed E-state index contributed by atoms with van der Waals surface area (Å²) in [6, 6.07) is 0. The van der Waals surface area contributed by atoms with Gasteiger partial charge in [-0.25, -0.2) is 14.4 Å². The van der Waals surface area contributed by atoms with Gasteiger partial charge < -0.3 is 39.4 Å². The lowest BCUT2D eigenvalue weighted by atomic mass is 9.38. The smallest absolute Gasteiger partial charge is 0.348 e. The van der Waals surface area contributed by atoms with Crippen LogP contribution in [0.3, 0.4) is 0 Å². The van der Waals surface area contributed by atoms with Gasteiger partial charge in [0, 0.05) is 22.8 Å². The molecule has 42 heavy (non-hydrogen) atoms. The van der Waals surface area contributed by atoms with E-state index < -0.39 is 94.7 Å². The van der Waals surface area contributed by atoms with Crippen molar-refractivity contribution in [2.45, 2.75) is 83.3 Å². The van der Waals surface area contributed by atoms with E-state index in [1.165, 1.54) is 26.0 Å². The van der Waals surface area contributed by atoms with Gasteiger partial charge >= 0.3 is 17.9 Å². The number of carbonyl (C=O) groups is 4. The third-order valence-corrected chi connectivity index (χ3v) is 10.6. The van der Waals surface area contributed by atoms with E-state index in [0.717, 1.165) is 0 Å². The van der Waals surface area contributed by atoms with E-state index >= 15 is 0 Å². The molecule has 12 nitrogen and oxygen atoms in total. The number of hydrogen-bond acceptors (Lipinski definition) is 12. The second-order valence-electron chi connectivity index (χ2n) is 12.6. The number of hydrogen-bond donors (Lipinski definition) is 4. The van der Waals surface area contributed by atoms with Crippen molar-refractivity contribution in [1.82, 2.24) is 0 Å². The molecule has 4 fully saturated rings. The van der Waals surface area contributed by atoms with Crippen LogP contribution in [0.5, 0.6) is 0 Å². The minimum atomic E-state index is -2.32. The van der Waals surface area contributed by atoms with Crippen molar-refractivity contribution >= 4 is 23.7 Å². The zero-order valence-corrected chi connectivity index (χ0v) is 24.3. The lowest BCUT2D eigenvalue weighted by Crippen LogP contribution is -2.76. The summed E-state index contributed by atoms with van der Waals surface area (Å²) in [5.41, 5.74) is -4.20. The van der Waals surface area contributed by atoms with Gasteiger partial charge in [-0.05, 0) is 51.2 Å². The van der Waals surface area contributed by atoms with Crippen LogP contribution in [-0.2, 0) is 38.1 Å². The van der Waals surface area contributed by atoms with Crippen molar-refractivity contribution in [2.24, 2.45) is 28.6 Å². The molecule has 11 atom stereocenters. The first-order chi connectivity index (χ1) is 19.5. The monoisotopic (exact) mass is 590 g/mol. The van der Waals surface area contributed by atoms with Crippen molar-refractivity contribution in [3.63, 3.8) is 0 Å². The van der Waals surface area contributed by atoms with E-state index in [1.54, 1.807) is 20.8 Å². The van der Waals surface area contributed by atoms with Crippen molar-refractivity contribution in [3.05, 3.63) is 35.5 Å². The van der Waals surface area contributed by atoms with Gasteiger partial charge in [0.1, 0.15) is 24.9 Å². The van der Waals surface area contributed by atoms with E-state index in [0.29, 0.717) is 5.57 Å². The highest BCUT2D eigenvalue weighted by molar-refractivity contribution is 5.96. The predicted octanol–water partition coefficient (Wildman–Crippen LogP) is 0.259. The van der Waals surface area contributed by atoms with Gasteiger partial charge in [0.05, 0.1) is 12.0 Å². The summed E-state index contributed by atoms with van der Waals surface area (Å²) in [6.45, 7) is 10.9. The summed E-state index contributed by atoms with van der Waals surface area (Å²) in [6.07, 6.45) is -3.22. The van der Waals surface area contributed by atoms with Gasteiger partial charge in [-0.1, -0.05) is 32.1 Å². The van der Waals surface area contributed by atoms with Crippen LogP contribution in [0.2, 0.25) is 0 Å². The standard InChI is InChI=1S/C30H38O12/c1-7-13(3)23(34)39-11-28(37,8-2)26(36)42-20-19-15(5)21(32)30(38)25-27(6)16(14(4)9-17(31)22(27)33)10-18(41-24(20)35)29(19,25)12-40-30/h7,9,16,18-22,25,32-33,37-38H,5,8,10-12H2,1-4,6H3/t16-,18+,19+,20+,21+,22+,25+,27+,28-,29-,30-/m0/s1. The summed E-state index contributed by atoms with van der Waals surface area (Å²) in [4.78, 5) is 52.0. The molecule has 0 radical (unpaired) electrons. The van der Waals surface area contributed by atoms with Crippen molar-refractivity contribution in [3.8, 4) is 0 Å². The number of fused-ring (bicyclic) bond motifs is 1. The van der Waals surface area contributed by atoms with E-state index in [1.807, 2.05) is 0 Å². The number of esters is 3. The molecule has 12 heteroatoms. The quantitative estimate of drug-likeness (QED) is 0.143. The first-order valence-corrected chi connectivity index (χ1v) is 14.1. The molecule has 0 aromatic heterocycles. The number of ketones is 1. The van der Waals surface area contributed by atoms with Gasteiger partial charge in [0.2, 0.25) is 6.10 Å². The highest BCUT2D eigenvalue weighted by atomic mass is 16.7. The minimum Gasteiger partial charge on any atom is -0.459 e. The first kappa shape index (κ1) is 30.6. The molecule has 2 saturated heterocycles. The Kier molecular flexibility index (Phi) is 7.14. The molecule has 2 aliphatic heterocycles. The number of aliphatic hydroxyl groups is 4. The van der Waals surface area contributed by atoms with Crippen LogP contribution >= 0.6 is 0 Å². The minimum absolute atomic E-state index is 0.0492. The largest absolute Gasteiger partial charge is 0.459 e. The van der Waals surface area contributed by atoms with Gasteiger partial charge in [-0.15, -0.1) is 0 Å². The average Bonchev–Trinajstić information content (AvgIpc) is 3.25. The average molecular weight is 591 g/mol. The van der Waals surface area contributed by atoms with Crippen molar-refractivity contribution < 1.29 is 58.6 Å².